The Morgan fingerprint density at radius 1 is 1.15 bits per heavy atom. The van der Waals surface area contributed by atoms with Gasteiger partial charge in [-0.2, -0.15) is 4.98 Å². The summed E-state index contributed by atoms with van der Waals surface area (Å²) in [5.74, 6) is 0.260. The van der Waals surface area contributed by atoms with Gasteiger partial charge in [0.05, 0.1) is 0 Å². The summed E-state index contributed by atoms with van der Waals surface area (Å²) in [5.41, 5.74) is 1.57. The first kappa shape index (κ1) is 17.9. The molecule has 0 aliphatic carbocycles. The molecule has 0 spiro atoms. The van der Waals surface area contributed by atoms with Gasteiger partial charge in [-0.25, -0.2) is 9.18 Å². The van der Waals surface area contributed by atoms with Crippen molar-refractivity contribution in [2.45, 2.75) is 20.5 Å². The Morgan fingerprint density at radius 3 is 2.65 bits per heavy atom. The van der Waals surface area contributed by atoms with E-state index in [9.17, 15) is 9.18 Å². The summed E-state index contributed by atoms with van der Waals surface area (Å²) in [6.07, 6.45) is 0. The Hall–Kier alpha value is -2.86. The molecule has 0 unspecified atom stereocenters. The lowest BCUT2D eigenvalue weighted by Gasteiger charge is -2.10. The van der Waals surface area contributed by atoms with Crippen molar-refractivity contribution >= 4 is 11.6 Å². The Morgan fingerprint density at radius 2 is 1.96 bits per heavy atom. The average Bonchev–Trinajstić information content (AvgIpc) is 2.57. The molecule has 0 amide bonds. The second kappa shape index (κ2) is 7.58. The molecule has 0 bridgehead atoms. The molecule has 134 valence electrons. The monoisotopic (exact) mass is 374 g/mol. The molecule has 0 aliphatic rings. The zero-order valence-electron chi connectivity index (χ0n) is 14.2. The number of hydrogen-bond donors (Lipinski definition) is 1. The maximum absolute atomic E-state index is 14.3. The van der Waals surface area contributed by atoms with E-state index in [2.05, 4.69) is 9.97 Å². The van der Waals surface area contributed by atoms with E-state index in [4.69, 9.17) is 21.1 Å². The van der Waals surface area contributed by atoms with Gasteiger partial charge >= 0.3 is 5.69 Å². The molecule has 1 heterocycles. The van der Waals surface area contributed by atoms with Crippen molar-refractivity contribution in [3.8, 4) is 17.4 Å². The second-order valence-electron chi connectivity index (χ2n) is 5.77. The van der Waals surface area contributed by atoms with Crippen LogP contribution < -0.4 is 15.2 Å². The number of aromatic nitrogens is 2. The number of nitrogens with one attached hydrogen (secondary N) is 1. The lowest BCUT2D eigenvalue weighted by Crippen LogP contribution is -2.12. The molecule has 0 atom stereocenters. The SMILES string of the molecule is Cc1cc(OCc2ccc(Oc3ccc(Cl)c(C)c3)c(F)c2)nc(=O)[nH]1. The molecule has 5 nitrogen and oxygen atoms in total. The minimum atomic E-state index is -0.520. The fraction of sp³-hybridized carbons (Fsp3) is 0.158. The first-order valence-corrected chi connectivity index (χ1v) is 8.22. The van der Waals surface area contributed by atoms with Crippen molar-refractivity contribution < 1.29 is 13.9 Å². The number of aromatic amines is 1. The van der Waals surface area contributed by atoms with E-state index in [-0.39, 0.29) is 18.2 Å². The van der Waals surface area contributed by atoms with Gasteiger partial charge in [0.15, 0.2) is 11.6 Å². The molecule has 0 saturated carbocycles. The quantitative estimate of drug-likeness (QED) is 0.711. The van der Waals surface area contributed by atoms with Crippen molar-refractivity contribution in [1.29, 1.82) is 0 Å². The van der Waals surface area contributed by atoms with E-state index in [1.165, 1.54) is 12.1 Å². The number of ether oxygens (including phenoxy) is 2. The number of aryl methyl sites for hydroxylation is 2. The molecular formula is C19H16ClFN2O3. The number of benzene rings is 2. The lowest BCUT2D eigenvalue weighted by molar-refractivity contribution is 0.291. The molecule has 0 radical (unpaired) electrons. The molecule has 2 aromatic carbocycles. The van der Waals surface area contributed by atoms with Crippen molar-refractivity contribution in [1.82, 2.24) is 9.97 Å². The number of rotatable bonds is 5. The standard InChI is InChI=1S/C19H16ClFN2O3/c1-11-7-14(4-5-15(11)20)26-17-6-3-13(9-16(17)21)10-25-18-8-12(2)22-19(24)23-18/h3-9H,10H2,1-2H3,(H,22,23,24). The summed E-state index contributed by atoms with van der Waals surface area (Å²) in [5, 5.41) is 0.619. The first-order chi connectivity index (χ1) is 12.4. The fourth-order valence-electron chi connectivity index (χ4n) is 2.31. The Labute approximate surface area is 154 Å². The van der Waals surface area contributed by atoms with Gasteiger partial charge in [-0.15, -0.1) is 0 Å². The number of halogens is 2. The van der Waals surface area contributed by atoms with E-state index in [0.717, 1.165) is 5.56 Å². The number of hydrogen-bond acceptors (Lipinski definition) is 4. The van der Waals surface area contributed by atoms with Crippen LogP contribution in [-0.2, 0) is 6.61 Å². The zero-order chi connectivity index (χ0) is 18.7. The molecule has 3 aromatic rings. The Kier molecular flexibility index (Phi) is 5.23. The summed E-state index contributed by atoms with van der Waals surface area (Å²) in [6.45, 7) is 3.64. The number of nitrogens with zero attached hydrogens (tertiary/aromatic N) is 1. The number of H-pyrrole nitrogens is 1. The van der Waals surface area contributed by atoms with Crippen LogP contribution in [0.2, 0.25) is 5.02 Å². The van der Waals surface area contributed by atoms with Crippen LogP contribution >= 0.6 is 11.6 Å². The summed E-state index contributed by atoms with van der Waals surface area (Å²) < 4.78 is 25.3. The molecular weight excluding hydrogens is 359 g/mol. The van der Waals surface area contributed by atoms with Gasteiger partial charge in [-0.05, 0) is 55.3 Å². The van der Waals surface area contributed by atoms with Gasteiger partial charge in [0.1, 0.15) is 12.4 Å². The first-order valence-electron chi connectivity index (χ1n) is 7.84. The van der Waals surface area contributed by atoms with Gasteiger partial charge in [0.2, 0.25) is 5.88 Å². The molecule has 3 rings (SSSR count). The third-order valence-electron chi connectivity index (χ3n) is 3.60. The van der Waals surface area contributed by atoms with Crippen LogP contribution in [0, 0.1) is 19.7 Å². The molecule has 1 N–H and O–H groups in total. The van der Waals surface area contributed by atoms with Crippen molar-refractivity contribution in [3.05, 3.63) is 80.6 Å². The van der Waals surface area contributed by atoms with Crippen LogP contribution in [0.3, 0.4) is 0 Å². The summed E-state index contributed by atoms with van der Waals surface area (Å²) in [7, 11) is 0. The predicted octanol–water partition coefficient (Wildman–Crippen LogP) is 4.55. The summed E-state index contributed by atoms with van der Waals surface area (Å²) in [4.78, 5) is 17.5. The van der Waals surface area contributed by atoms with Crippen LogP contribution in [0.25, 0.3) is 0 Å². The van der Waals surface area contributed by atoms with Gasteiger partial charge < -0.3 is 14.5 Å². The van der Waals surface area contributed by atoms with Gasteiger partial charge in [0.25, 0.3) is 0 Å². The van der Waals surface area contributed by atoms with Crippen molar-refractivity contribution in [3.63, 3.8) is 0 Å². The second-order valence-corrected chi connectivity index (χ2v) is 6.18. The Balaban J connectivity index is 1.70. The van der Waals surface area contributed by atoms with E-state index in [0.29, 0.717) is 22.0 Å². The highest BCUT2D eigenvalue weighted by molar-refractivity contribution is 6.31. The minimum absolute atomic E-state index is 0.0765. The van der Waals surface area contributed by atoms with Crippen LogP contribution in [0.4, 0.5) is 4.39 Å². The van der Waals surface area contributed by atoms with Crippen LogP contribution in [0.5, 0.6) is 17.4 Å². The third kappa shape index (κ3) is 4.40. The maximum Gasteiger partial charge on any atom is 0.348 e. The predicted molar refractivity (Wildman–Crippen MR) is 96.6 cm³/mol. The highest BCUT2D eigenvalue weighted by Gasteiger charge is 2.08. The van der Waals surface area contributed by atoms with Crippen molar-refractivity contribution in [2.75, 3.05) is 0 Å². The molecule has 0 fully saturated rings. The summed E-state index contributed by atoms with van der Waals surface area (Å²) in [6, 6.07) is 11.2. The normalized spacial score (nSPS) is 10.6. The van der Waals surface area contributed by atoms with Crippen LogP contribution in [0.15, 0.2) is 47.3 Å². The third-order valence-corrected chi connectivity index (χ3v) is 4.02. The van der Waals surface area contributed by atoms with Gasteiger partial charge in [-0.3, -0.25) is 0 Å². The van der Waals surface area contributed by atoms with Gasteiger partial charge in [-0.1, -0.05) is 17.7 Å². The fourth-order valence-corrected chi connectivity index (χ4v) is 2.42. The molecule has 1 aromatic heterocycles. The van der Waals surface area contributed by atoms with E-state index in [1.807, 2.05) is 6.92 Å². The highest BCUT2D eigenvalue weighted by Crippen LogP contribution is 2.28. The lowest BCUT2D eigenvalue weighted by atomic mass is 10.2. The summed E-state index contributed by atoms with van der Waals surface area (Å²) >= 11 is 5.97. The van der Waals surface area contributed by atoms with E-state index < -0.39 is 11.5 Å². The zero-order valence-corrected chi connectivity index (χ0v) is 14.9. The molecule has 26 heavy (non-hydrogen) atoms. The maximum atomic E-state index is 14.3. The minimum Gasteiger partial charge on any atom is -0.473 e. The molecule has 0 aliphatic heterocycles. The van der Waals surface area contributed by atoms with Crippen molar-refractivity contribution in [2.24, 2.45) is 0 Å². The van der Waals surface area contributed by atoms with E-state index in [1.54, 1.807) is 37.3 Å². The average molecular weight is 375 g/mol. The Bertz CT molecular complexity index is 1000. The molecule has 7 heteroatoms. The largest absolute Gasteiger partial charge is 0.473 e. The van der Waals surface area contributed by atoms with Crippen LogP contribution in [-0.4, -0.2) is 9.97 Å². The van der Waals surface area contributed by atoms with E-state index >= 15 is 0 Å². The topological polar surface area (TPSA) is 64.2 Å². The smallest absolute Gasteiger partial charge is 0.348 e. The van der Waals surface area contributed by atoms with Crippen LogP contribution in [0.1, 0.15) is 16.8 Å². The molecule has 0 saturated heterocycles. The van der Waals surface area contributed by atoms with Gasteiger partial charge in [0, 0.05) is 16.8 Å². The highest BCUT2D eigenvalue weighted by atomic mass is 35.5.